The van der Waals surface area contributed by atoms with Crippen molar-refractivity contribution >= 4 is 6.09 Å². The van der Waals surface area contributed by atoms with E-state index in [2.05, 4.69) is 5.32 Å². The molecule has 0 fully saturated rings. The quantitative estimate of drug-likeness (QED) is 0.843. The van der Waals surface area contributed by atoms with Crippen molar-refractivity contribution in [3.05, 3.63) is 53.6 Å². The lowest BCUT2D eigenvalue weighted by Crippen LogP contribution is -2.26. The largest absolute Gasteiger partial charge is 0.497 e. The number of methoxy groups -OCH3 is 2. The van der Waals surface area contributed by atoms with Crippen molar-refractivity contribution in [1.29, 1.82) is 0 Å². The molecule has 0 spiro atoms. The van der Waals surface area contributed by atoms with Crippen molar-refractivity contribution < 1.29 is 19.0 Å². The summed E-state index contributed by atoms with van der Waals surface area (Å²) < 4.78 is 15.7. The predicted octanol–water partition coefficient (Wildman–Crippen LogP) is 3.60. The molecule has 1 N–H and O–H groups in total. The van der Waals surface area contributed by atoms with Gasteiger partial charge >= 0.3 is 6.09 Å². The summed E-state index contributed by atoms with van der Waals surface area (Å²) in [4.78, 5) is 11.4. The maximum Gasteiger partial charge on any atom is 0.412 e. The van der Waals surface area contributed by atoms with Gasteiger partial charge in [0.1, 0.15) is 17.2 Å². The highest BCUT2D eigenvalue weighted by Crippen LogP contribution is 2.23. The summed E-state index contributed by atoms with van der Waals surface area (Å²) in [7, 11) is 3.29. The number of amides is 1. The summed E-state index contributed by atoms with van der Waals surface area (Å²) in [5.74, 6) is 2.11. The topological polar surface area (TPSA) is 56.8 Å². The summed E-state index contributed by atoms with van der Waals surface area (Å²) in [5, 5.41) is 2.59. The van der Waals surface area contributed by atoms with Crippen molar-refractivity contribution in [2.45, 2.75) is 19.8 Å². The Bertz CT molecular complexity index is 645. The van der Waals surface area contributed by atoms with Crippen molar-refractivity contribution in [2.75, 3.05) is 20.8 Å². The molecule has 0 aliphatic carbocycles. The molecule has 2 aromatic rings. The Morgan fingerprint density at radius 1 is 0.875 bits per heavy atom. The second kappa shape index (κ2) is 8.82. The van der Waals surface area contributed by atoms with E-state index in [1.807, 2.05) is 37.3 Å². The van der Waals surface area contributed by atoms with Crippen LogP contribution < -0.4 is 19.5 Å². The molecule has 0 unspecified atom stereocenters. The first-order valence-electron chi connectivity index (χ1n) is 7.91. The molecule has 0 atom stereocenters. The first kappa shape index (κ1) is 17.7. The molecule has 24 heavy (non-hydrogen) atoms. The van der Waals surface area contributed by atoms with Gasteiger partial charge in [0.05, 0.1) is 14.2 Å². The van der Waals surface area contributed by atoms with Gasteiger partial charge < -0.3 is 19.5 Å². The van der Waals surface area contributed by atoms with E-state index in [1.54, 1.807) is 26.4 Å². The molecule has 0 heterocycles. The van der Waals surface area contributed by atoms with Crippen LogP contribution in [0.5, 0.6) is 17.2 Å². The molecule has 0 saturated carbocycles. The minimum atomic E-state index is -0.436. The molecule has 0 bridgehead atoms. The maximum absolute atomic E-state index is 11.4. The zero-order valence-corrected chi connectivity index (χ0v) is 14.3. The van der Waals surface area contributed by atoms with Crippen molar-refractivity contribution in [2.24, 2.45) is 0 Å². The van der Waals surface area contributed by atoms with E-state index >= 15 is 0 Å². The van der Waals surface area contributed by atoms with Gasteiger partial charge in [0.15, 0.2) is 0 Å². The minimum Gasteiger partial charge on any atom is -0.497 e. The molecule has 128 valence electrons. The van der Waals surface area contributed by atoms with Gasteiger partial charge in [-0.3, -0.25) is 0 Å². The molecular formula is C19H23NO4. The summed E-state index contributed by atoms with van der Waals surface area (Å²) >= 11 is 0. The van der Waals surface area contributed by atoms with Crippen LogP contribution in [0.25, 0.3) is 0 Å². The first-order valence-corrected chi connectivity index (χ1v) is 7.91. The van der Waals surface area contributed by atoms with Crippen LogP contribution >= 0.6 is 0 Å². The van der Waals surface area contributed by atoms with Gasteiger partial charge in [-0.1, -0.05) is 12.1 Å². The third kappa shape index (κ3) is 5.19. The molecule has 0 aliphatic heterocycles. The average Bonchev–Trinajstić information content (AvgIpc) is 2.61. The van der Waals surface area contributed by atoms with Crippen LogP contribution in [-0.4, -0.2) is 26.9 Å². The van der Waals surface area contributed by atoms with Crippen LogP contribution in [-0.2, 0) is 12.8 Å². The molecule has 5 heteroatoms. The van der Waals surface area contributed by atoms with Crippen LogP contribution in [0.2, 0.25) is 0 Å². The van der Waals surface area contributed by atoms with E-state index in [-0.39, 0.29) is 0 Å². The highest BCUT2D eigenvalue weighted by atomic mass is 16.6. The van der Waals surface area contributed by atoms with Crippen molar-refractivity contribution in [3.63, 3.8) is 0 Å². The zero-order valence-electron chi connectivity index (χ0n) is 14.3. The smallest absolute Gasteiger partial charge is 0.412 e. The lowest BCUT2D eigenvalue weighted by atomic mass is 10.0. The summed E-state index contributed by atoms with van der Waals surface area (Å²) in [5.41, 5.74) is 2.31. The van der Waals surface area contributed by atoms with E-state index < -0.39 is 6.09 Å². The van der Waals surface area contributed by atoms with Gasteiger partial charge in [-0.25, -0.2) is 4.79 Å². The molecule has 1 amide bonds. The highest BCUT2D eigenvalue weighted by Gasteiger charge is 2.05. The number of aryl methyl sites for hydroxylation is 2. The number of nitrogens with one attached hydrogen (secondary N) is 1. The summed E-state index contributed by atoms with van der Waals surface area (Å²) in [6.07, 6.45) is 1.30. The summed E-state index contributed by atoms with van der Waals surface area (Å²) in [6.45, 7) is 2.39. The van der Waals surface area contributed by atoms with E-state index in [9.17, 15) is 4.79 Å². The number of ether oxygens (including phenoxy) is 3. The van der Waals surface area contributed by atoms with Crippen LogP contribution in [0.1, 0.15) is 18.1 Å². The Morgan fingerprint density at radius 2 is 1.46 bits per heavy atom. The first-order chi connectivity index (χ1) is 11.6. The monoisotopic (exact) mass is 329 g/mol. The Kier molecular flexibility index (Phi) is 6.49. The fourth-order valence-corrected chi connectivity index (χ4v) is 2.31. The van der Waals surface area contributed by atoms with Gasteiger partial charge in [0, 0.05) is 12.6 Å². The Balaban J connectivity index is 1.96. The Labute approximate surface area is 142 Å². The third-order valence-corrected chi connectivity index (χ3v) is 3.57. The molecule has 5 nitrogen and oxygen atoms in total. The number of carbonyl (C=O) groups is 1. The van der Waals surface area contributed by atoms with E-state index in [0.29, 0.717) is 12.3 Å². The Morgan fingerprint density at radius 3 is 2.00 bits per heavy atom. The minimum absolute atomic E-state index is 0.436. The Hall–Kier alpha value is -2.69. The predicted molar refractivity (Wildman–Crippen MR) is 93.1 cm³/mol. The number of hydrogen-bond acceptors (Lipinski definition) is 4. The molecule has 2 rings (SSSR count). The SMILES string of the molecule is CCNC(=O)Oc1ccc(CCc2cc(OC)cc(OC)c2)cc1. The fraction of sp³-hybridized carbons (Fsp3) is 0.316. The summed E-state index contributed by atoms with van der Waals surface area (Å²) in [6, 6.07) is 13.4. The maximum atomic E-state index is 11.4. The van der Waals surface area contributed by atoms with Gasteiger partial charge in [0.2, 0.25) is 0 Å². The lowest BCUT2D eigenvalue weighted by molar-refractivity contribution is 0.201. The van der Waals surface area contributed by atoms with Crippen molar-refractivity contribution in [3.8, 4) is 17.2 Å². The normalized spacial score (nSPS) is 10.1. The second-order valence-corrected chi connectivity index (χ2v) is 5.28. The average molecular weight is 329 g/mol. The molecule has 0 saturated heterocycles. The number of hydrogen-bond donors (Lipinski definition) is 1. The van der Waals surface area contributed by atoms with Gasteiger partial charge in [-0.05, 0) is 55.2 Å². The molecular weight excluding hydrogens is 306 g/mol. The van der Waals surface area contributed by atoms with Crippen molar-refractivity contribution in [1.82, 2.24) is 5.32 Å². The third-order valence-electron chi connectivity index (χ3n) is 3.57. The van der Waals surface area contributed by atoms with E-state index in [4.69, 9.17) is 14.2 Å². The van der Waals surface area contributed by atoms with Crippen LogP contribution in [0.15, 0.2) is 42.5 Å². The van der Waals surface area contributed by atoms with E-state index in [1.165, 1.54) is 5.56 Å². The number of carbonyl (C=O) groups excluding carboxylic acids is 1. The number of benzene rings is 2. The van der Waals surface area contributed by atoms with Crippen LogP contribution in [0, 0.1) is 0 Å². The van der Waals surface area contributed by atoms with E-state index in [0.717, 1.165) is 29.9 Å². The molecule has 0 radical (unpaired) electrons. The highest BCUT2D eigenvalue weighted by molar-refractivity contribution is 5.70. The zero-order chi connectivity index (χ0) is 17.4. The van der Waals surface area contributed by atoms with Crippen LogP contribution in [0.3, 0.4) is 0 Å². The standard InChI is InChI=1S/C19H23NO4/c1-4-20-19(21)24-16-9-7-14(8-10-16)5-6-15-11-17(22-2)13-18(12-15)23-3/h7-13H,4-6H2,1-3H3,(H,20,21). The van der Waals surface area contributed by atoms with Gasteiger partial charge in [-0.15, -0.1) is 0 Å². The van der Waals surface area contributed by atoms with Gasteiger partial charge in [0.25, 0.3) is 0 Å². The second-order valence-electron chi connectivity index (χ2n) is 5.28. The number of rotatable bonds is 7. The lowest BCUT2D eigenvalue weighted by Gasteiger charge is -2.09. The van der Waals surface area contributed by atoms with Crippen LogP contribution in [0.4, 0.5) is 4.79 Å². The van der Waals surface area contributed by atoms with Gasteiger partial charge in [-0.2, -0.15) is 0 Å². The molecule has 2 aromatic carbocycles. The molecule has 0 aromatic heterocycles. The fourth-order valence-electron chi connectivity index (χ4n) is 2.31. The molecule has 0 aliphatic rings.